The number of carbonyl (C=O) groups excluding carboxylic acids is 1. The second kappa shape index (κ2) is 37.7. The van der Waals surface area contributed by atoms with Crippen LogP contribution in [0.2, 0.25) is 15.1 Å². The summed E-state index contributed by atoms with van der Waals surface area (Å²) in [7, 11) is -13.3. The van der Waals surface area contributed by atoms with Crippen LogP contribution in [0.1, 0.15) is 49.1 Å². The molecule has 4 saturated heterocycles. The van der Waals surface area contributed by atoms with Gasteiger partial charge in [-0.2, -0.15) is 0 Å². The fourth-order valence-corrected chi connectivity index (χ4v) is 17.5. The molecule has 4 unspecified atom stereocenters. The topological polar surface area (TPSA) is 612 Å². The van der Waals surface area contributed by atoms with Gasteiger partial charge >= 0.3 is 48.4 Å². The number of aliphatic hydroxyl groups excluding tert-OH is 8. The number of amides is 1. The summed E-state index contributed by atoms with van der Waals surface area (Å²) in [6.45, 7) is -7.89. The Balaban J connectivity index is 0.000000152. The molecule has 4 aromatic carbocycles. The Morgan fingerprint density at radius 2 is 0.750 bits per heavy atom. The van der Waals surface area contributed by atoms with E-state index in [0.717, 1.165) is 12.4 Å². The number of halogens is 8. The molecule has 9 aliphatic heterocycles. The van der Waals surface area contributed by atoms with E-state index in [-0.39, 0.29) is 77.0 Å². The predicted octanol–water partition coefficient (Wildman–Crippen LogP) is 4.00. The van der Waals surface area contributed by atoms with Crippen molar-refractivity contribution in [2.24, 2.45) is 0 Å². The third-order valence-corrected chi connectivity index (χ3v) is 24.8. The lowest BCUT2D eigenvalue weighted by molar-refractivity contribution is -0.208. The number of carbonyl (C=O) groups is 1. The lowest BCUT2D eigenvalue weighted by atomic mass is 10.1. The van der Waals surface area contributed by atoms with E-state index in [9.17, 15) is 92.7 Å². The van der Waals surface area contributed by atoms with E-state index >= 15 is 17.6 Å². The number of aromatic amines is 3. The van der Waals surface area contributed by atoms with Crippen molar-refractivity contribution >= 4 is 83.6 Å². The Bertz CT molecular complexity index is 6370. The summed E-state index contributed by atoms with van der Waals surface area (Å²) in [6.07, 6.45) is -26.1. The highest BCUT2D eigenvalue weighted by Gasteiger charge is 2.63. The molecule has 16 rings (SSSR count). The van der Waals surface area contributed by atoms with E-state index in [1.54, 1.807) is 64.6 Å². The van der Waals surface area contributed by atoms with Gasteiger partial charge in [0.2, 0.25) is 0 Å². The number of aliphatic hydroxyl groups is 8. The summed E-state index contributed by atoms with van der Waals surface area (Å²) in [5, 5.41) is 82.4. The van der Waals surface area contributed by atoms with Gasteiger partial charge in [0.15, 0.2) is 70.9 Å². The molecular weight excluding hydrogens is 1910 g/mol. The number of hydrogen-bond acceptors (Lipinski definition) is 40. The minimum Gasteiger partial charge on any atom is -0.493 e. The minimum atomic E-state index is -4.90. The molecule has 59 heteroatoms. The van der Waals surface area contributed by atoms with Crippen LogP contribution in [-0.4, -0.2) is 214 Å². The van der Waals surface area contributed by atoms with Gasteiger partial charge in [-0.15, -0.1) is 0 Å². The van der Waals surface area contributed by atoms with E-state index in [0.29, 0.717) is 48.7 Å². The summed E-state index contributed by atoms with van der Waals surface area (Å²) in [5.74, 6) is -15.0. The Labute approximate surface area is 740 Å². The first-order chi connectivity index (χ1) is 62.5. The number of aromatic nitrogens is 6. The lowest BCUT2D eigenvalue weighted by Crippen LogP contribution is -2.47. The number of fused-ring (bicyclic) bond motifs is 4. The zero-order valence-electron chi connectivity index (χ0n) is 70.8. The molecule has 4 fully saturated rings. The maximum Gasteiger partial charge on any atom is 0.530 e. The number of hydrogen-bond donors (Lipinski definition) is 12. The van der Waals surface area contributed by atoms with Crippen molar-refractivity contribution in [3.63, 3.8) is 0 Å². The maximum absolute atomic E-state index is 15.9. The average molecular weight is 1980 g/mol. The van der Waals surface area contributed by atoms with Gasteiger partial charge in [-0.3, -0.25) is 84.0 Å². The number of nitrogens with zero attached hydrogens (tertiary/aromatic N) is 4. The van der Waals surface area contributed by atoms with Crippen LogP contribution in [0.4, 0.5) is 17.6 Å². The van der Waals surface area contributed by atoms with Crippen molar-refractivity contribution in [2.45, 2.75) is 124 Å². The largest absolute Gasteiger partial charge is 0.530 e. The van der Waals surface area contributed by atoms with Gasteiger partial charge in [-0.05, 0) is 24.3 Å². The molecule has 47 nitrogen and oxygen atoms in total. The highest BCUT2D eigenvalue weighted by molar-refractivity contribution is 7.49. The molecule has 1 amide bonds. The minimum absolute atomic E-state index is 0.0414. The summed E-state index contributed by atoms with van der Waals surface area (Å²) in [4.78, 5) is 88.1. The van der Waals surface area contributed by atoms with Crippen LogP contribution >= 0.6 is 77.7 Å². The van der Waals surface area contributed by atoms with Crippen LogP contribution in [0, 0.1) is 0 Å². The fourth-order valence-electron chi connectivity index (χ4n) is 12.2. The van der Waals surface area contributed by atoms with Crippen molar-refractivity contribution in [3.8, 4) is 46.0 Å². The second-order valence-corrected chi connectivity index (χ2v) is 34.9. The first-order valence-electron chi connectivity index (χ1n) is 38.8. The Morgan fingerprint density at radius 1 is 0.453 bits per heavy atom. The normalized spacial score (nSPS) is 34.5. The van der Waals surface area contributed by atoms with Crippen molar-refractivity contribution < 1.29 is 182 Å². The highest BCUT2D eigenvalue weighted by atomic mass is 35.5. The average Bonchev–Trinajstić information content (AvgIpc) is 1.55. The molecule has 3 aromatic heterocycles. The number of H-pyrrole nitrogens is 3. The number of phosphoric acid groups is 4. The Kier molecular flexibility index (Phi) is 26.0. The van der Waals surface area contributed by atoms with E-state index in [2.05, 4.69) is 11.9 Å². The molecule has 0 spiro atoms. The first kappa shape index (κ1) is 88.3. The molecule has 0 radical (unpaired) electrons. The van der Waals surface area contributed by atoms with Crippen molar-refractivity contribution in [1.29, 1.82) is 0 Å². The molecule has 696 valence electrons. The number of alkyl halides is 4. The molecule has 0 aliphatic carbocycles. The van der Waals surface area contributed by atoms with Gasteiger partial charge in [0.05, 0.1) is 63.1 Å². The van der Waals surface area contributed by atoms with Crippen molar-refractivity contribution in [2.75, 3.05) is 54.8 Å². The lowest BCUT2D eigenvalue weighted by Gasteiger charge is -2.33. The SMILES string of the molecule is COc1cccc2c1OP(=O)(OC[C@@]1(F)O[C@@H](n3cc(Cl)c(=O)[nH]c3=O)[C@H](O)[C@@H]1O)OC2.[2H]C([2H])(OP1(=O)OCc2cccc(OC)c2O1)[C@@]1(F)O[C@@H](n2cc(Cl)c(=O)[nH]c2=O)[C@H](O)[C@@H]1O.[2H]C([2H])(OP1(=O)OCc2cccc(OC)c2O1)[C@@]1(F)O[C@@]([2H])(N2C=C(Cl)C(=O)NC2=C)[C@H](O)[C@@H]1O.[2H][C@@]1(n2cc(Cl)c(=O)[nH]c2=O)O[C@](F)(COP2(=O)OCc3cccc(OC)c3O2)[C@@H](O)[C@H]1O. The molecule has 12 heterocycles. The van der Waals surface area contributed by atoms with Crippen molar-refractivity contribution in [1.82, 2.24) is 38.9 Å². The van der Waals surface area contributed by atoms with Crippen LogP contribution in [0.15, 0.2) is 144 Å². The summed E-state index contributed by atoms with van der Waals surface area (Å²) in [6, 6.07) is 18.8. The van der Waals surface area contributed by atoms with Gasteiger partial charge in [0.25, 0.3) is 46.0 Å². The molecular formula is C69H70Cl4F4N8O39P4. The quantitative estimate of drug-likeness (QED) is 0.0379. The number of phosphoric ester groups is 4. The monoisotopic (exact) mass is 1980 g/mol. The predicted molar refractivity (Wildman–Crippen MR) is 419 cm³/mol. The molecule has 7 aromatic rings. The van der Waals surface area contributed by atoms with Gasteiger partial charge in [-0.1, -0.05) is 102 Å². The first-order valence-corrected chi connectivity index (χ1v) is 43.1. The van der Waals surface area contributed by atoms with Gasteiger partial charge in [0, 0.05) is 47.0 Å². The fraction of sp³-hybridized carbons (Fsp3) is 0.406. The number of ether oxygens (including phenoxy) is 8. The third-order valence-electron chi connectivity index (χ3n) is 18.8. The summed E-state index contributed by atoms with van der Waals surface area (Å²) < 4.78 is 265. The van der Waals surface area contributed by atoms with Crippen LogP contribution in [0.5, 0.6) is 46.0 Å². The van der Waals surface area contributed by atoms with Crippen LogP contribution in [0.3, 0.4) is 0 Å². The second-order valence-electron chi connectivity index (χ2n) is 27.0. The third kappa shape index (κ3) is 19.7. The smallest absolute Gasteiger partial charge is 0.493 e. The molecule has 12 N–H and O–H groups in total. The Morgan fingerprint density at radius 3 is 1.12 bits per heavy atom. The molecule has 0 saturated carbocycles. The number of rotatable bonds is 20. The number of benzene rings is 4. The van der Waals surface area contributed by atoms with E-state index in [1.807, 2.05) is 4.98 Å². The Hall–Kier alpha value is -8.93. The van der Waals surface area contributed by atoms with E-state index in [4.69, 9.17) is 147 Å². The standard InChI is InChI=1S/C18H19ClFN2O9P.3C17H17ClFN2O10P/c1-9-21-16(25)11(19)6-22(9)17-13(23)15(24)18(20,30-17)8-29-32(26)28-7-10-4-3-5-12(27-2)14(10)31-32;3*1-27-10-4-2-3-8-6-28-32(26,31-12(8)10)29-7-17(19)13(23)11(22)15(30-17)21-5-9(18)14(24)20-16(21)25/h3-6,13,15,17,23-24H,1,7-8H2,2H3,(H,21,25);3*2-5,11,13,15,22-23H,6-7H2,1H3,(H,20,24,25)/t13-,15+,17-,18-,32?;3*11-,13+,15-,17-,32?/m1111/s1/i8D2,17D;15D;7D2;. The summed E-state index contributed by atoms with van der Waals surface area (Å²) in [5.41, 5.74) is -4.69. The van der Waals surface area contributed by atoms with Gasteiger partial charge < -0.3 is 107 Å². The maximum atomic E-state index is 15.9. The van der Waals surface area contributed by atoms with Gasteiger partial charge in [-0.25, -0.2) is 50.2 Å². The van der Waals surface area contributed by atoms with Crippen LogP contribution < -0.4 is 76.1 Å². The molecule has 0 bridgehead atoms. The molecule has 128 heavy (non-hydrogen) atoms. The zero-order chi connectivity index (χ0) is 98.5. The van der Waals surface area contributed by atoms with Crippen LogP contribution in [-0.2, 0) is 105 Å². The molecule has 20 atom stereocenters. The zero-order valence-corrected chi connectivity index (χ0v) is 71.4. The van der Waals surface area contributed by atoms with Crippen LogP contribution in [0.25, 0.3) is 0 Å². The van der Waals surface area contributed by atoms with E-state index < -0.39 is 220 Å². The number of nitrogens with one attached hydrogen (secondary N) is 4. The number of para-hydroxylation sites is 4. The van der Waals surface area contributed by atoms with Gasteiger partial charge in [0.1, 0.15) is 101 Å². The van der Waals surface area contributed by atoms with E-state index in [1.165, 1.54) is 46.6 Å². The summed E-state index contributed by atoms with van der Waals surface area (Å²) >= 11 is 22.7. The molecule has 9 aliphatic rings. The van der Waals surface area contributed by atoms with Crippen molar-refractivity contribution in [3.05, 3.63) is 215 Å². The number of methoxy groups -OCH3 is 4. The highest BCUT2D eigenvalue weighted by Crippen LogP contribution is 2.62.